The second-order valence-electron chi connectivity index (χ2n) is 10.1. The number of ether oxygens (including phenoxy) is 1. The highest BCUT2D eigenvalue weighted by Gasteiger charge is 2.61. The molecule has 218 valence electrons. The van der Waals surface area contributed by atoms with Gasteiger partial charge in [0.15, 0.2) is 6.10 Å². The summed E-state index contributed by atoms with van der Waals surface area (Å²) in [5.41, 5.74) is 3.61. The van der Waals surface area contributed by atoms with Gasteiger partial charge < -0.3 is 20.7 Å². The van der Waals surface area contributed by atoms with Crippen molar-refractivity contribution >= 4 is 68.6 Å². The quantitative estimate of drug-likeness (QED) is 0.427. The molecule has 4 atom stereocenters. The van der Waals surface area contributed by atoms with Crippen LogP contribution in [0.25, 0.3) is 0 Å². The first kappa shape index (κ1) is 30.4. The minimum absolute atomic E-state index is 0.111. The lowest BCUT2D eigenvalue weighted by Crippen LogP contribution is -2.57. The fourth-order valence-corrected chi connectivity index (χ4v) is 7.81. The van der Waals surface area contributed by atoms with Crippen molar-refractivity contribution in [2.75, 3.05) is 6.54 Å². The molecule has 2 aliphatic heterocycles. The summed E-state index contributed by atoms with van der Waals surface area (Å²) in [6.07, 6.45) is 5.44. The maximum atomic E-state index is 13.5. The fraction of sp³-hybridized carbons (Fsp3) is 0.520. The lowest BCUT2D eigenvalue weighted by molar-refractivity contribution is -0.146. The number of carbonyl (C=O) groups excluding carboxylic acids is 4. The van der Waals surface area contributed by atoms with Crippen LogP contribution in [0, 0.1) is 5.92 Å². The second kappa shape index (κ2) is 12.1. The molecule has 1 aromatic rings. The lowest BCUT2D eigenvalue weighted by atomic mass is 10.1. The monoisotopic (exact) mass is 634 g/mol. The Morgan fingerprint density at radius 2 is 1.77 bits per heavy atom. The van der Waals surface area contributed by atoms with Crippen molar-refractivity contribution in [3.05, 3.63) is 39.4 Å². The molecule has 3 aliphatic rings. The number of nitrogens with zero attached hydrogens (tertiary/aromatic N) is 1. The van der Waals surface area contributed by atoms with E-state index in [0.717, 1.165) is 12.8 Å². The first-order valence-electron chi connectivity index (χ1n) is 12.8. The van der Waals surface area contributed by atoms with Crippen LogP contribution in [0.3, 0.4) is 0 Å². The topological polar surface area (TPSA) is 165 Å². The highest BCUT2D eigenvalue weighted by atomic mass is 35.5. The number of amides is 4. The molecule has 2 heterocycles. The Balaban J connectivity index is 1.61. The molecular weight excluding hydrogens is 607 g/mol. The summed E-state index contributed by atoms with van der Waals surface area (Å²) >= 11 is 18.0. The summed E-state index contributed by atoms with van der Waals surface area (Å²) in [5.74, 6) is -2.61. The van der Waals surface area contributed by atoms with E-state index in [9.17, 15) is 27.6 Å². The number of primary amides is 1. The van der Waals surface area contributed by atoms with Gasteiger partial charge in [-0.15, -0.1) is 0 Å². The maximum absolute atomic E-state index is 13.5. The zero-order valence-electron chi connectivity index (χ0n) is 21.3. The van der Waals surface area contributed by atoms with Gasteiger partial charge in [0.1, 0.15) is 16.5 Å². The number of nitrogens with two attached hydrogens (primary N) is 1. The van der Waals surface area contributed by atoms with Crippen LogP contribution in [0.5, 0.6) is 0 Å². The minimum atomic E-state index is -4.55. The number of hydrogen-bond acceptors (Lipinski definition) is 7. The third-order valence-electron chi connectivity index (χ3n) is 7.30. The molecule has 4 N–H and O–H groups in total. The molecule has 1 saturated heterocycles. The molecule has 1 saturated carbocycles. The van der Waals surface area contributed by atoms with Crippen LogP contribution in [-0.2, 0) is 29.1 Å². The summed E-state index contributed by atoms with van der Waals surface area (Å²) in [4.78, 5) is 52.5. The van der Waals surface area contributed by atoms with Gasteiger partial charge in [0.05, 0.1) is 10.0 Å². The number of carbonyl (C=O) groups is 4. The number of sulfonamides is 1. The van der Waals surface area contributed by atoms with Gasteiger partial charge in [-0.05, 0) is 57.1 Å². The fourth-order valence-electron chi connectivity index (χ4n) is 5.23. The van der Waals surface area contributed by atoms with Gasteiger partial charge in [0.2, 0.25) is 5.91 Å². The van der Waals surface area contributed by atoms with Gasteiger partial charge in [0.25, 0.3) is 21.8 Å². The van der Waals surface area contributed by atoms with Crippen molar-refractivity contribution in [2.45, 2.75) is 73.9 Å². The number of halogens is 3. The minimum Gasteiger partial charge on any atom is -0.436 e. The number of allylic oxidation sites excluding steroid dienone is 1. The first-order chi connectivity index (χ1) is 18.9. The van der Waals surface area contributed by atoms with Crippen molar-refractivity contribution in [1.82, 2.24) is 14.9 Å². The lowest BCUT2D eigenvalue weighted by Gasteiger charge is -2.29. The maximum Gasteiger partial charge on any atom is 0.405 e. The van der Waals surface area contributed by atoms with E-state index < -0.39 is 62.3 Å². The third-order valence-corrected chi connectivity index (χ3v) is 9.77. The molecule has 40 heavy (non-hydrogen) atoms. The van der Waals surface area contributed by atoms with Gasteiger partial charge >= 0.3 is 6.09 Å². The summed E-state index contributed by atoms with van der Waals surface area (Å²) in [7, 11) is -4.55. The van der Waals surface area contributed by atoms with Crippen LogP contribution in [0.4, 0.5) is 4.79 Å². The van der Waals surface area contributed by atoms with Crippen molar-refractivity contribution in [2.24, 2.45) is 11.7 Å². The molecule has 11 nitrogen and oxygen atoms in total. The number of fused-ring (bicyclic) bond motifs is 2. The van der Waals surface area contributed by atoms with E-state index >= 15 is 0 Å². The number of nitrogens with one attached hydrogen (secondary N) is 2. The molecular formula is C25H29Cl3N4O7S. The third kappa shape index (κ3) is 6.50. The predicted molar refractivity (Wildman–Crippen MR) is 147 cm³/mol. The highest BCUT2D eigenvalue weighted by molar-refractivity contribution is 7.90. The Labute approximate surface area is 246 Å². The number of hydrogen-bond donors (Lipinski definition) is 3. The van der Waals surface area contributed by atoms with E-state index in [2.05, 4.69) is 5.32 Å². The van der Waals surface area contributed by atoms with Crippen LogP contribution < -0.4 is 15.8 Å². The molecule has 4 amide bonds. The number of rotatable bonds is 4. The molecule has 1 aromatic carbocycles. The molecule has 0 bridgehead atoms. The molecule has 4 unspecified atom stereocenters. The SMILES string of the molecule is NC(=O)OC1CCCCC/C=C/C2CC2(C(=O)NS(=O)(=O)c2c(Cl)cc(Cl)cc2Cl)NC(=O)C2CCCN2C1=O. The molecule has 4 rings (SSSR count). The van der Waals surface area contributed by atoms with E-state index in [-0.39, 0.29) is 34.5 Å². The van der Waals surface area contributed by atoms with Crippen LogP contribution in [0.15, 0.2) is 29.2 Å². The first-order valence-corrected chi connectivity index (χ1v) is 15.4. The Hall–Kier alpha value is -2.54. The average Bonchev–Trinajstić information content (AvgIpc) is 3.31. The zero-order valence-corrected chi connectivity index (χ0v) is 24.4. The van der Waals surface area contributed by atoms with E-state index in [1.165, 1.54) is 17.0 Å². The van der Waals surface area contributed by atoms with Gasteiger partial charge in [-0.3, -0.25) is 14.4 Å². The van der Waals surface area contributed by atoms with Crippen LogP contribution in [0.1, 0.15) is 51.4 Å². The highest BCUT2D eigenvalue weighted by Crippen LogP contribution is 2.46. The molecule has 0 radical (unpaired) electrons. The Morgan fingerprint density at radius 1 is 1.07 bits per heavy atom. The van der Waals surface area contributed by atoms with Crippen molar-refractivity contribution in [3.8, 4) is 0 Å². The molecule has 2 fully saturated rings. The van der Waals surface area contributed by atoms with Gasteiger partial charge in [-0.25, -0.2) is 17.9 Å². The standard InChI is InChI=1S/C25H29Cl3N4O7S/c26-15-11-16(27)20(17(28)12-15)40(37,38)31-23(35)25-13-14(25)7-4-2-1-3-5-9-19(39-24(29)36)22(34)32-10-6-8-18(32)21(33)30-25/h4,7,11-12,14,18-19H,1-3,5-6,8-10,13H2,(H2,29,36)(H,30,33)(H,31,35)/b7-4+. The van der Waals surface area contributed by atoms with Crippen molar-refractivity contribution in [1.29, 1.82) is 0 Å². The van der Waals surface area contributed by atoms with E-state index in [1.54, 1.807) is 6.08 Å². The van der Waals surface area contributed by atoms with Crippen molar-refractivity contribution < 1.29 is 32.3 Å². The smallest absolute Gasteiger partial charge is 0.405 e. The Bertz CT molecular complexity index is 1330. The summed E-state index contributed by atoms with van der Waals surface area (Å²) < 4.78 is 33.4. The predicted octanol–water partition coefficient (Wildman–Crippen LogP) is 3.30. The Kier molecular flexibility index (Phi) is 9.23. The molecule has 0 aromatic heterocycles. The molecule has 0 spiro atoms. The van der Waals surface area contributed by atoms with Crippen molar-refractivity contribution in [3.63, 3.8) is 0 Å². The molecule has 1 aliphatic carbocycles. The number of benzene rings is 1. The zero-order chi connectivity index (χ0) is 29.2. The van der Waals surface area contributed by atoms with E-state index in [1.807, 2.05) is 10.8 Å². The van der Waals surface area contributed by atoms with Crippen LogP contribution >= 0.6 is 34.8 Å². The summed E-state index contributed by atoms with van der Waals surface area (Å²) in [6.45, 7) is 0.250. The largest absolute Gasteiger partial charge is 0.436 e. The summed E-state index contributed by atoms with van der Waals surface area (Å²) in [5, 5.41) is 2.27. The Morgan fingerprint density at radius 3 is 2.45 bits per heavy atom. The van der Waals surface area contributed by atoms with Crippen LogP contribution in [0.2, 0.25) is 15.1 Å². The average molecular weight is 636 g/mol. The van der Waals surface area contributed by atoms with Gasteiger partial charge in [-0.2, -0.15) is 0 Å². The van der Waals surface area contributed by atoms with Crippen LogP contribution in [-0.4, -0.2) is 61.4 Å². The summed E-state index contributed by atoms with van der Waals surface area (Å²) in [6, 6.07) is 1.42. The van der Waals surface area contributed by atoms with E-state index in [4.69, 9.17) is 45.3 Å². The van der Waals surface area contributed by atoms with E-state index in [0.29, 0.717) is 25.7 Å². The van der Waals surface area contributed by atoms with Gasteiger partial charge in [-0.1, -0.05) is 53.4 Å². The van der Waals surface area contributed by atoms with Gasteiger partial charge in [0, 0.05) is 17.5 Å². The molecule has 15 heteroatoms. The normalized spacial score (nSPS) is 28.3. The second-order valence-corrected chi connectivity index (χ2v) is 13.0.